The number of hydrazine groups is 1. The molecular weight excluding hydrogens is 204 g/mol. The predicted molar refractivity (Wildman–Crippen MR) is 60.5 cm³/mol. The first kappa shape index (κ1) is 10.9. The lowest BCUT2D eigenvalue weighted by Gasteiger charge is -2.15. The number of furan rings is 1. The average Bonchev–Trinajstić information content (AvgIpc) is 2.89. The van der Waals surface area contributed by atoms with Crippen molar-refractivity contribution in [2.45, 2.75) is 26.4 Å². The molecule has 5 heteroatoms. The van der Waals surface area contributed by atoms with E-state index in [0.717, 1.165) is 23.5 Å². The molecule has 0 radical (unpaired) electrons. The third kappa shape index (κ3) is 1.87. The second kappa shape index (κ2) is 4.51. The van der Waals surface area contributed by atoms with Crippen LogP contribution in [0.3, 0.4) is 0 Å². The molecule has 0 aliphatic carbocycles. The lowest BCUT2D eigenvalue weighted by molar-refractivity contribution is 0.526. The van der Waals surface area contributed by atoms with Crippen molar-refractivity contribution in [2.24, 2.45) is 5.84 Å². The van der Waals surface area contributed by atoms with Gasteiger partial charge in [-0.2, -0.15) is 5.10 Å². The second-order valence-corrected chi connectivity index (χ2v) is 3.68. The Bertz CT molecular complexity index is 447. The van der Waals surface area contributed by atoms with E-state index in [1.54, 1.807) is 12.5 Å². The number of aromatic nitrogens is 2. The number of aryl methyl sites for hydroxylation is 2. The van der Waals surface area contributed by atoms with Gasteiger partial charge < -0.3 is 4.42 Å². The van der Waals surface area contributed by atoms with E-state index in [9.17, 15) is 0 Å². The van der Waals surface area contributed by atoms with Crippen molar-refractivity contribution in [1.82, 2.24) is 15.2 Å². The number of nitrogens with one attached hydrogen (secondary N) is 1. The topological polar surface area (TPSA) is 69.0 Å². The molecule has 0 aliphatic heterocycles. The average molecular weight is 220 g/mol. The minimum absolute atomic E-state index is 0.0834. The maximum Gasteiger partial charge on any atom is 0.0954 e. The van der Waals surface area contributed by atoms with E-state index in [1.807, 2.05) is 23.7 Å². The van der Waals surface area contributed by atoms with E-state index in [1.165, 1.54) is 0 Å². The fourth-order valence-corrected chi connectivity index (χ4v) is 1.84. The van der Waals surface area contributed by atoms with Crippen molar-refractivity contribution in [2.75, 3.05) is 0 Å². The number of hydrogen-bond acceptors (Lipinski definition) is 4. The van der Waals surface area contributed by atoms with Crippen LogP contribution in [0.2, 0.25) is 0 Å². The zero-order valence-electron chi connectivity index (χ0n) is 9.47. The third-order valence-electron chi connectivity index (χ3n) is 2.57. The molecular formula is C11H16N4O. The Morgan fingerprint density at radius 2 is 2.44 bits per heavy atom. The van der Waals surface area contributed by atoms with Gasteiger partial charge in [0, 0.05) is 12.1 Å². The Morgan fingerprint density at radius 3 is 3.00 bits per heavy atom. The molecule has 2 aromatic heterocycles. The molecule has 0 saturated heterocycles. The zero-order chi connectivity index (χ0) is 11.5. The molecule has 0 amide bonds. The normalized spacial score (nSPS) is 12.9. The Balaban J connectivity index is 2.40. The summed E-state index contributed by atoms with van der Waals surface area (Å²) in [5, 5.41) is 4.40. The molecule has 86 valence electrons. The largest absolute Gasteiger partial charge is 0.472 e. The molecule has 0 saturated carbocycles. The highest BCUT2D eigenvalue weighted by Gasteiger charge is 2.18. The highest BCUT2D eigenvalue weighted by atomic mass is 16.3. The highest BCUT2D eigenvalue weighted by molar-refractivity contribution is 5.25. The first-order chi connectivity index (χ1) is 7.76. The first-order valence-electron chi connectivity index (χ1n) is 5.28. The second-order valence-electron chi connectivity index (χ2n) is 3.68. The molecule has 0 fully saturated rings. The van der Waals surface area contributed by atoms with E-state index < -0.39 is 0 Å². The molecule has 1 atom stereocenters. The van der Waals surface area contributed by atoms with Crippen LogP contribution in [0.4, 0.5) is 0 Å². The van der Waals surface area contributed by atoms with Crippen molar-refractivity contribution in [3.8, 4) is 0 Å². The first-order valence-corrected chi connectivity index (χ1v) is 5.28. The van der Waals surface area contributed by atoms with Crippen LogP contribution in [0.1, 0.15) is 29.9 Å². The minimum atomic E-state index is -0.0834. The summed E-state index contributed by atoms with van der Waals surface area (Å²) in [5.74, 6) is 5.60. The fourth-order valence-electron chi connectivity index (χ4n) is 1.84. The van der Waals surface area contributed by atoms with Crippen LogP contribution in [-0.2, 0) is 6.54 Å². The number of rotatable bonds is 4. The molecule has 3 N–H and O–H groups in total. The Kier molecular flexibility index (Phi) is 3.07. The Labute approximate surface area is 94.2 Å². The third-order valence-corrected chi connectivity index (χ3v) is 2.57. The summed E-state index contributed by atoms with van der Waals surface area (Å²) >= 11 is 0. The van der Waals surface area contributed by atoms with Gasteiger partial charge in [0.25, 0.3) is 0 Å². The molecule has 16 heavy (non-hydrogen) atoms. The van der Waals surface area contributed by atoms with Crippen LogP contribution < -0.4 is 11.3 Å². The summed E-state index contributed by atoms with van der Waals surface area (Å²) in [4.78, 5) is 0. The van der Waals surface area contributed by atoms with Gasteiger partial charge >= 0.3 is 0 Å². The molecule has 2 rings (SSSR count). The van der Waals surface area contributed by atoms with Crippen molar-refractivity contribution in [1.29, 1.82) is 0 Å². The highest BCUT2D eigenvalue weighted by Crippen LogP contribution is 2.22. The summed E-state index contributed by atoms with van der Waals surface area (Å²) < 4.78 is 7.01. The molecule has 1 unspecified atom stereocenters. The van der Waals surface area contributed by atoms with Crippen LogP contribution in [0, 0.1) is 6.92 Å². The van der Waals surface area contributed by atoms with E-state index in [0.29, 0.717) is 0 Å². The lowest BCUT2D eigenvalue weighted by Crippen LogP contribution is -2.30. The standard InChI is InChI=1S/C11H16N4O/c1-3-15-10(6-8(2)14-15)11(13-12)9-4-5-16-7-9/h4-7,11,13H,3,12H2,1-2H3. The summed E-state index contributed by atoms with van der Waals surface area (Å²) in [7, 11) is 0. The van der Waals surface area contributed by atoms with Gasteiger partial charge in [0.05, 0.1) is 30.0 Å². The molecule has 2 aromatic rings. The van der Waals surface area contributed by atoms with Gasteiger partial charge in [0.2, 0.25) is 0 Å². The lowest BCUT2D eigenvalue weighted by atomic mass is 10.1. The van der Waals surface area contributed by atoms with Crippen LogP contribution in [0.5, 0.6) is 0 Å². The Hall–Kier alpha value is -1.59. The van der Waals surface area contributed by atoms with Crippen molar-refractivity contribution < 1.29 is 4.42 Å². The smallest absolute Gasteiger partial charge is 0.0954 e. The SMILES string of the molecule is CCn1nc(C)cc1C(NN)c1ccoc1. The molecule has 5 nitrogen and oxygen atoms in total. The van der Waals surface area contributed by atoms with Gasteiger partial charge in [-0.05, 0) is 26.0 Å². The summed E-state index contributed by atoms with van der Waals surface area (Å²) in [5.41, 5.74) is 5.82. The van der Waals surface area contributed by atoms with Crippen LogP contribution in [-0.4, -0.2) is 9.78 Å². The fraction of sp³-hybridized carbons (Fsp3) is 0.364. The minimum Gasteiger partial charge on any atom is -0.472 e. The Morgan fingerprint density at radius 1 is 1.62 bits per heavy atom. The maximum atomic E-state index is 5.60. The van der Waals surface area contributed by atoms with Crippen molar-refractivity contribution in [3.05, 3.63) is 41.6 Å². The van der Waals surface area contributed by atoms with Gasteiger partial charge in [-0.3, -0.25) is 10.5 Å². The molecule has 0 aliphatic rings. The number of nitrogens with zero attached hydrogens (tertiary/aromatic N) is 2. The molecule has 0 spiro atoms. The molecule has 0 aromatic carbocycles. The van der Waals surface area contributed by atoms with E-state index in [4.69, 9.17) is 10.3 Å². The number of nitrogens with two attached hydrogens (primary N) is 1. The van der Waals surface area contributed by atoms with Crippen molar-refractivity contribution in [3.63, 3.8) is 0 Å². The van der Waals surface area contributed by atoms with Gasteiger partial charge in [-0.1, -0.05) is 0 Å². The van der Waals surface area contributed by atoms with E-state index in [2.05, 4.69) is 17.4 Å². The number of hydrogen-bond donors (Lipinski definition) is 2. The van der Waals surface area contributed by atoms with Crippen molar-refractivity contribution >= 4 is 0 Å². The molecule has 2 heterocycles. The molecule has 0 bridgehead atoms. The predicted octanol–water partition coefficient (Wildman–Crippen LogP) is 1.36. The van der Waals surface area contributed by atoms with Crippen LogP contribution in [0.15, 0.2) is 29.1 Å². The van der Waals surface area contributed by atoms with E-state index >= 15 is 0 Å². The summed E-state index contributed by atoms with van der Waals surface area (Å²) in [6, 6.07) is 3.84. The van der Waals surface area contributed by atoms with E-state index in [-0.39, 0.29) is 6.04 Å². The summed E-state index contributed by atoms with van der Waals surface area (Å²) in [6.07, 6.45) is 3.33. The summed E-state index contributed by atoms with van der Waals surface area (Å²) in [6.45, 7) is 4.84. The van der Waals surface area contributed by atoms with Gasteiger partial charge in [-0.25, -0.2) is 5.43 Å². The quantitative estimate of drug-likeness (QED) is 0.603. The maximum absolute atomic E-state index is 5.60. The van der Waals surface area contributed by atoms with Crippen LogP contribution >= 0.6 is 0 Å². The van der Waals surface area contributed by atoms with Gasteiger partial charge in [0.1, 0.15) is 0 Å². The zero-order valence-corrected chi connectivity index (χ0v) is 9.47. The van der Waals surface area contributed by atoms with Gasteiger partial charge in [-0.15, -0.1) is 0 Å². The van der Waals surface area contributed by atoms with Gasteiger partial charge in [0.15, 0.2) is 0 Å². The monoisotopic (exact) mass is 220 g/mol. The van der Waals surface area contributed by atoms with Crippen LogP contribution in [0.25, 0.3) is 0 Å².